The lowest BCUT2D eigenvalue weighted by Crippen LogP contribution is -2.62. The minimum absolute atomic E-state index is 0.00563. The van der Waals surface area contributed by atoms with E-state index in [9.17, 15) is 20.1 Å². The van der Waals surface area contributed by atoms with Gasteiger partial charge in [0.25, 0.3) is 0 Å². The second-order valence-corrected chi connectivity index (χ2v) is 16.5. The number of aliphatic hydroxyl groups is 3. The molecule has 6 heteroatoms. The van der Waals surface area contributed by atoms with Crippen LogP contribution in [0.4, 0.5) is 0 Å². The molecular formula is C32H52O6. The molecule has 0 aromatic carbocycles. The molecule has 5 saturated carbocycles. The lowest BCUT2D eigenvalue weighted by molar-refractivity contribution is -0.220. The summed E-state index contributed by atoms with van der Waals surface area (Å²) >= 11 is 0. The minimum Gasteiger partial charge on any atom is -0.462 e. The van der Waals surface area contributed by atoms with Crippen molar-refractivity contribution in [1.29, 1.82) is 0 Å². The van der Waals surface area contributed by atoms with Crippen LogP contribution >= 0.6 is 0 Å². The molecule has 6 nitrogen and oxygen atoms in total. The molecular weight excluding hydrogens is 480 g/mol. The number of hydrogen-bond acceptors (Lipinski definition) is 6. The average Bonchev–Trinajstić information content (AvgIpc) is 3.14. The molecule has 6 rings (SSSR count). The quantitative estimate of drug-likeness (QED) is 0.443. The van der Waals surface area contributed by atoms with Crippen molar-refractivity contribution in [2.75, 3.05) is 0 Å². The molecule has 6 fully saturated rings. The van der Waals surface area contributed by atoms with Crippen molar-refractivity contribution < 1.29 is 29.6 Å². The van der Waals surface area contributed by atoms with Gasteiger partial charge < -0.3 is 24.8 Å². The van der Waals surface area contributed by atoms with Gasteiger partial charge in [0, 0.05) is 18.8 Å². The van der Waals surface area contributed by atoms with Gasteiger partial charge in [-0.2, -0.15) is 0 Å². The molecule has 0 aromatic heterocycles. The van der Waals surface area contributed by atoms with Crippen LogP contribution in [-0.2, 0) is 14.3 Å². The zero-order chi connectivity index (χ0) is 27.9. The molecule has 0 bridgehead atoms. The number of rotatable bonds is 3. The third-order valence-corrected chi connectivity index (χ3v) is 14.1. The molecule has 6 aliphatic rings. The van der Waals surface area contributed by atoms with Gasteiger partial charge in [-0.1, -0.05) is 27.7 Å². The number of ether oxygens (including phenoxy) is 2. The number of fused-ring (bicyclic) bond motifs is 2. The fraction of sp³-hybridized carbons (Fsp3) is 0.969. The first kappa shape index (κ1) is 27.5. The maximum atomic E-state index is 12.4. The van der Waals surface area contributed by atoms with Gasteiger partial charge in [0.1, 0.15) is 6.10 Å². The van der Waals surface area contributed by atoms with Crippen LogP contribution in [-0.4, -0.2) is 56.9 Å². The molecule has 3 N–H and O–H groups in total. The molecule has 0 aromatic rings. The Bertz CT molecular complexity index is 1020. The normalized spacial score (nSPS) is 56.9. The first-order chi connectivity index (χ1) is 17.4. The van der Waals surface area contributed by atoms with E-state index < -0.39 is 17.3 Å². The molecule has 0 amide bonds. The predicted octanol–water partition coefficient (Wildman–Crippen LogP) is 5.01. The van der Waals surface area contributed by atoms with Crippen molar-refractivity contribution in [2.24, 2.45) is 44.8 Å². The Hall–Kier alpha value is -0.690. The second kappa shape index (κ2) is 7.77. The first-order valence-corrected chi connectivity index (χ1v) is 15.3. The number of carbonyl (C=O) groups is 1. The van der Waals surface area contributed by atoms with Crippen LogP contribution in [0.15, 0.2) is 0 Å². The summed E-state index contributed by atoms with van der Waals surface area (Å²) in [6.45, 7) is 16.6. The van der Waals surface area contributed by atoms with Crippen LogP contribution in [0.25, 0.3) is 0 Å². The Labute approximate surface area is 229 Å². The highest BCUT2D eigenvalue weighted by molar-refractivity contribution is 5.66. The highest BCUT2D eigenvalue weighted by Crippen LogP contribution is 2.89. The lowest BCUT2D eigenvalue weighted by atomic mass is 9.41. The van der Waals surface area contributed by atoms with Gasteiger partial charge in [0.05, 0.1) is 29.5 Å². The van der Waals surface area contributed by atoms with E-state index in [1.807, 2.05) is 13.8 Å². The lowest BCUT2D eigenvalue weighted by Gasteiger charge is -2.64. The zero-order valence-electron chi connectivity index (χ0n) is 25.0. The molecule has 1 saturated heterocycles. The molecule has 0 radical (unpaired) electrons. The summed E-state index contributed by atoms with van der Waals surface area (Å²) in [6.07, 6.45) is 7.11. The predicted molar refractivity (Wildman–Crippen MR) is 144 cm³/mol. The maximum absolute atomic E-state index is 12.4. The summed E-state index contributed by atoms with van der Waals surface area (Å²) in [5.41, 5.74) is -1.62. The zero-order valence-corrected chi connectivity index (χ0v) is 25.0. The van der Waals surface area contributed by atoms with Crippen LogP contribution in [0.5, 0.6) is 0 Å². The van der Waals surface area contributed by atoms with Crippen molar-refractivity contribution in [3.8, 4) is 0 Å². The highest BCUT2D eigenvalue weighted by atomic mass is 16.5. The van der Waals surface area contributed by atoms with Crippen LogP contribution in [0.2, 0.25) is 0 Å². The standard InChI is InChI=1S/C32H52O6/c1-18(33)37-20-15-21-29(7)16-19(34)24(30(8)11-10-23(38-30)27(4,5)36)28(29,6)13-14-31(21)17-32(31)12-9-22(35)26(2,3)25(20)32/h19-25,34-36H,9-17H2,1-8H3/t19-,20-,21-,22-,23-,24-,25-,28+,29-,30+,31-,32+/m0/s1. The summed E-state index contributed by atoms with van der Waals surface area (Å²) < 4.78 is 12.9. The smallest absolute Gasteiger partial charge is 0.302 e. The molecule has 12 atom stereocenters. The van der Waals surface area contributed by atoms with E-state index in [4.69, 9.17) is 9.47 Å². The van der Waals surface area contributed by atoms with Crippen molar-refractivity contribution in [2.45, 2.75) is 149 Å². The van der Waals surface area contributed by atoms with Crippen LogP contribution in [0.1, 0.15) is 113 Å². The van der Waals surface area contributed by atoms with Crippen molar-refractivity contribution in [1.82, 2.24) is 0 Å². The number of esters is 1. The average molecular weight is 533 g/mol. The van der Waals surface area contributed by atoms with Crippen LogP contribution in [0, 0.1) is 44.8 Å². The van der Waals surface area contributed by atoms with Gasteiger partial charge in [0.2, 0.25) is 0 Å². The van der Waals surface area contributed by atoms with Gasteiger partial charge in [-0.05, 0) is 112 Å². The van der Waals surface area contributed by atoms with Crippen molar-refractivity contribution in [3.05, 3.63) is 0 Å². The van der Waals surface area contributed by atoms with E-state index in [0.717, 1.165) is 57.8 Å². The summed E-state index contributed by atoms with van der Waals surface area (Å²) in [6, 6.07) is 0. The Morgan fingerprint density at radius 2 is 1.61 bits per heavy atom. The monoisotopic (exact) mass is 532 g/mol. The Kier molecular flexibility index (Phi) is 5.62. The highest BCUT2D eigenvalue weighted by Gasteiger charge is 2.85. The fourth-order valence-corrected chi connectivity index (χ4v) is 12.4. The van der Waals surface area contributed by atoms with E-state index in [0.29, 0.717) is 5.92 Å². The minimum atomic E-state index is -0.906. The molecule has 1 aliphatic heterocycles. The van der Waals surface area contributed by atoms with Gasteiger partial charge in [-0.3, -0.25) is 4.79 Å². The third-order valence-electron chi connectivity index (χ3n) is 14.1. The molecule has 1 heterocycles. The molecule has 0 unspecified atom stereocenters. The number of aliphatic hydroxyl groups excluding tert-OH is 2. The molecule has 216 valence electrons. The first-order valence-electron chi connectivity index (χ1n) is 15.3. The molecule has 2 spiro atoms. The van der Waals surface area contributed by atoms with E-state index in [-0.39, 0.29) is 63.2 Å². The van der Waals surface area contributed by atoms with Gasteiger partial charge >= 0.3 is 5.97 Å². The van der Waals surface area contributed by atoms with Gasteiger partial charge in [-0.15, -0.1) is 0 Å². The SMILES string of the molecule is CC(=O)O[C@H]1C[C@@H]2[C@]3(CC[C@]4(C)[C@@H]([C@@]5(C)CC[C@@H](C(C)(C)O)O5)[C@@H](O)C[C@@]24C)C[C@@]32CC[C@H](O)C(C)(C)[C@H]12. The second-order valence-electron chi connectivity index (χ2n) is 16.5. The summed E-state index contributed by atoms with van der Waals surface area (Å²) in [7, 11) is 0. The Morgan fingerprint density at radius 1 is 0.921 bits per heavy atom. The molecule has 38 heavy (non-hydrogen) atoms. The summed E-state index contributed by atoms with van der Waals surface area (Å²) in [5.74, 6) is 0.285. The Balaban J connectivity index is 1.39. The number of carbonyl (C=O) groups excluding carboxylic acids is 1. The number of hydrogen-bond donors (Lipinski definition) is 3. The fourth-order valence-electron chi connectivity index (χ4n) is 12.4. The van der Waals surface area contributed by atoms with E-state index >= 15 is 0 Å². The topological polar surface area (TPSA) is 96.2 Å². The van der Waals surface area contributed by atoms with E-state index in [1.54, 1.807) is 0 Å². The maximum Gasteiger partial charge on any atom is 0.302 e. The summed E-state index contributed by atoms with van der Waals surface area (Å²) in [4.78, 5) is 12.4. The van der Waals surface area contributed by atoms with Gasteiger partial charge in [-0.25, -0.2) is 0 Å². The van der Waals surface area contributed by atoms with Crippen LogP contribution < -0.4 is 0 Å². The largest absolute Gasteiger partial charge is 0.462 e. The van der Waals surface area contributed by atoms with Crippen molar-refractivity contribution >= 4 is 5.97 Å². The molecule has 5 aliphatic carbocycles. The van der Waals surface area contributed by atoms with E-state index in [2.05, 4.69) is 34.6 Å². The summed E-state index contributed by atoms with van der Waals surface area (Å²) in [5, 5.41) is 33.7. The van der Waals surface area contributed by atoms with Gasteiger partial charge in [0.15, 0.2) is 0 Å². The Morgan fingerprint density at radius 3 is 2.21 bits per heavy atom. The van der Waals surface area contributed by atoms with E-state index in [1.165, 1.54) is 6.92 Å². The third kappa shape index (κ3) is 3.18. The van der Waals surface area contributed by atoms with Crippen molar-refractivity contribution in [3.63, 3.8) is 0 Å². The van der Waals surface area contributed by atoms with Crippen LogP contribution in [0.3, 0.4) is 0 Å².